The summed E-state index contributed by atoms with van der Waals surface area (Å²) in [6, 6.07) is 7.26. The van der Waals surface area contributed by atoms with Crippen molar-refractivity contribution in [2.75, 3.05) is 6.61 Å². The van der Waals surface area contributed by atoms with Gasteiger partial charge < -0.3 is 19.7 Å². The second-order valence-corrected chi connectivity index (χ2v) is 12.9. The van der Waals surface area contributed by atoms with E-state index < -0.39 is 23.5 Å². The number of carbonyl (C=O) groups excluding carboxylic acids is 1. The first-order valence-electron chi connectivity index (χ1n) is 14.4. The van der Waals surface area contributed by atoms with Crippen molar-refractivity contribution in [3.63, 3.8) is 0 Å². The van der Waals surface area contributed by atoms with Crippen LogP contribution in [0.15, 0.2) is 35.9 Å². The summed E-state index contributed by atoms with van der Waals surface area (Å²) in [6.45, 7) is 10.8. The number of rotatable bonds is 7. The molecule has 0 amide bonds. The third-order valence-corrected chi connectivity index (χ3v) is 11.1. The first kappa shape index (κ1) is 27.5. The Morgan fingerprint density at radius 3 is 2.37 bits per heavy atom. The van der Waals surface area contributed by atoms with Crippen molar-refractivity contribution in [3.05, 3.63) is 47.0 Å². The lowest BCUT2D eigenvalue weighted by Crippen LogP contribution is -2.58. The Hall–Kier alpha value is -2.02. The Kier molecular flexibility index (Phi) is 6.93. The molecule has 1 aromatic carbocycles. The lowest BCUT2D eigenvalue weighted by atomic mass is 9.46. The van der Waals surface area contributed by atoms with E-state index in [0.717, 1.165) is 44.1 Å². The van der Waals surface area contributed by atoms with E-state index in [-0.39, 0.29) is 16.6 Å². The molecule has 0 heterocycles. The van der Waals surface area contributed by atoms with Gasteiger partial charge in [0.25, 0.3) is 0 Å². The van der Waals surface area contributed by atoms with Crippen LogP contribution in [0.3, 0.4) is 0 Å². The van der Waals surface area contributed by atoms with Crippen LogP contribution in [0.5, 0.6) is 0 Å². The van der Waals surface area contributed by atoms with Gasteiger partial charge in [-0.05, 0) is 88.0 Å². The van der Waals surface area contributed by atoms with Crippen molar-refractivity contribution in [1.29, 1.82) is 0 Å². The van der Waals surface area contributed by atoms with E-state index in [0.29, 0.717) is 42.8 Å². The van der Waals surface area contributed by atoms with E-state index in [4.69, 9.17) is 9.47 Å². The van der Waals surface area contributed by atoms with E-state index in [2.05, 4.69) is 19.9 Å². The van der Waals surface area contributed by atoms with Crippen molar-refractivity contribution >= 4 is 11.8 Å². The molecule has 4 aliphatic carbocycles. The zero-order chi connectivity index (χ0) is 27.5. The summed E-state index contributed by atoms with van der Waals surface area (Å²) in [4.78, 5) is 25.1. The second kappa shape index (κ2) is 9.57. The maximum absolute atomic E-state index is 13.0. The van der Waals surface area contributed by atoms with Gasteiger partial charge in [0.05, 0.1) is 0 Å². The summed E-state index contributed by atoms with van der Waals surface area (Å²) in [6.07, 6.45) is 7.32. The molecule has 0 aliphatic heterocycles. The molecule has 2 N–H and O–H groups in total. The molecule has 0 saturated heterocycles. The average molecular weight is 525 g/mol. The molecular formula is C32H44O6. The number of carboxylic acids is 1. The third kappa shape index (κ3) is 4.10. The molecule has 208 valence electrons. The fourth-order valence-electron chi connectivity index (χ4n) is 9.10. The molecule has 3 saturated carbocycles. The summed E-state index contributed by atoms with van der Waals surface area (Å²) in [5.41, 5.74) is 1.89. The van der Waals surface area contributed by atoms with Gasteiger partial charge in [0.15, 0.2) is 17.7 Å². The van der Waals surface area contributed by atoms with E-state index in [1.165, 1.54) is 5.57 Å². The minimum absolute atomic E-state index is 0.0600. The van der Waals surface area contributed by atoms with Gasteiger partial charge in [-0.25, -0.2) is 4.79 Å². The Balaban J connectivity index is 1.39. The van der Waals surface area contributed by atoms with Crippen LogP contribution in [-0.4, -0.2) is 40.0 Å². The third-order valence-electron chi connectivity index (χ3n) is 11.1. The standard InChI is InChI=1S/C32H44O6/c1-6-37-32(21(3)33)16-14-26-24-12-11-23-19-31(36,18-17-29(23,4)25(24)13-15-30(26,32)5)38-27(28(34)35)22-9-7-20(2)8-10-22/h7-11,24-27,36H,6,12-19H2,1-5H3,(H,34,35)/t24-,25+,26+,27?,29+,30+,31?,32+/m1/s1. The molecule has 8 atom stereocenters. The normalized spacial score (nSPS) is 40.9. The number of hydrogen-bond acceptors (Lipinski definition) is 5. The van der Waals surface area contributed by atoms with Gasteiger partial charge >= 0.3 is 5.97 Å². The molecule has 2 unspecified atom stereocenters. The van der Waals surface area contributed by atoms with E-state index in [9.17, 15) is 19.8 Å². The summed E-state index contributed by atoms with van der Waals surface area (Å²) >= 11 is 0. The number of aliphatic carboxylic acids is 1. The zero-order valence-corrected chi connectivity index (χ0v) is 23.6. The summed E-state index contributed by atoms with van der Waals surface area (Å²) in [5, 5.41) is 21.5. The molecule has 0 aromatic heterocycles. The highest BCUT2D eigenvalue weighted by atomic mass is 16.6. The maximum atomic E-state index is 13.0. The van der Waals surface area contributed by atoms with E-state index in [1.54, 1.807) is 19.1 Å². The SMILES string of the molecule is CCO[C@]1(C(C)=O)CC[C@H]2[C@@H]3CC=C4CC(O)(OC(C(=O)O)c5ccc(C)cc5)CC[C@]4(C)[C@H]3CC[C@@]21C. The summed E-state index contributed by atoms with van der Waals surface area (Å²) < 4.78 is 12.3. The quantitative estimate of drug-likeness (QED) is 0.328. The van der Waals surface area contributed by atoms with Crippen LogP contribution in [0.25, 0.3) is 0 Å². The predicted molar refractivity (Wildman–Crippen MR) is 144 cm³/mol. The number of ketones is 1. The van der Waals surface area contributed by atoms with Crippen molar-refractivity contribution in [3.8, 4) is 0 Å². The Labute approximate surface area is 226 Å². The smallest absolute Gasteiger partial charge is 0.337 e. The maximum Gasteiger partial charge on any atom is 0.337 e. The number of fused-ring (bicyclic) bond motifs is 5. The number of ether oxygens (including phenoxy) is 2. The van der Waals surface area contributed by atoms with Gasteiger partial charge in [0, 0.05) is 24.9 Å². The number of benzene rings is 1. The van der Waals surface area contributed by atoms with Crippen LogP contribution in [0.1, 0.15) is 96.3 Å². The van der Waals surface area contributed by atoms with Gasteiger partial charge in [-0.2, -0.15) is 0 Å². The average Bonchev–Trinajstić information content (AvgIpc) is 3.17. The van der Waals surface area contributed by atoms with Gasteiger partial charge in [-0.15, -0.1) is 0 Å². The van der Waals surface area contributed by atoms with Crippen LogP contribution in [0, 0.1) is 35.5 Å². The number of hydrogen-bond donors (Lipinski definition) is 2. The Bertz CT molecular complexity index is 1130. The largest absolute Gasteiger partial charge is 0.479 e. The molecule has 5 rings (SSSR count). The highest BCUT2D eigenvalue weighted by Gasteiger charge is 2.66. The highest BCUT2D eigenvalue weighted by Crippen LogP contribution is 2.68. The topological polar surface area (TPSA) is 93.1 Å². The van der Waals surface area contributed by atoms with Crippen molar-refractivity contribution in [2.45, 2.75) is 103 Å². The zero-order valence-electron chi connectivity index (χ0n) is 23.6. The molecule has 38 heavy (non-hydrogen) atoms. The lowest BCUT2D eigenvalue weighted by molar-refractivity contribution is -0.252. The first-order valence-corrected chi connectivity index (χ1v) is 14.4. The van der Waals surface area contributed by atoms with Crippen molar-refractivity contribution in [2.24, 2.45) is 28.6 Å². The van der Waals surface area contributed by atoms with Crippen LogP contribution in [0.4, 0.5) is 0 Å². The highest BCUT2D eigenvalue weighted by molar-refractivity contribution is 5.86. The van der Waals surface area contributed by atoms with Crippen LogP contribution in [-0.2, 0) is 19.1 Å². The number of carboxylic acid groups (broad SMARTS) is 1. The molecule has 1 aromatic rings. The fraction of sp³-hybridized carbons (Fsp3) is 0.688. The van der Waals surface area contributed by atoms with Gasteiger partial charge in [0.1, 0.15) is 5.60 Å². The van der Waals surface area contributed by atoms with Gasteiger partial charge in [-0.1, -0.05) is 55.3 Å². The summed E-state index contributed by atoms with van der Waals surface area (Å²) in [7, 11) is 0. The van der Waals surface area contributed by atoms with Crippen molar-refractivity contribution < 1.29 is 29.3 Å². The monoisotopic (exact) mass is 524 g/mol. The van der Waals surface area contributed by atoms with Gasteiger partial charge in [0.2, 0.25) is 0 Å². The molecule has 6 nitrogen and oxygen atoms in total. The minimum Gasteiger partial charge on any atom is -0.479 e. The Morgan fingerprint density at radius 2 is 1.74 bits per heavy atom. The second-order valence-electron chi connectivity index (χ2n) is 12.9. The number of Topliss-reactive ketones (excluding diaryl/α,β-unsaturated/α-hetero) is 1. The number of aliphatic hydroxyl groups is 1. The number of carbonyl (C=O) groups is 2. The number of allylic oxidation sites excluding steroid dienone is 1. The van der Waals surface area contributed by atoms with Crippen LogP contribution >= 0.6 is 0 Å². The fourth-order valence-corrected chi connectivity index (χ4v) is 9.10. The minimum atomic E-state index is -1.51. The molecular weight excluding hydrogens is 480 g/mol. The summed E-state index contributed by atoms with van der Waals surface area (Å²) in [5.74, 6) is -1.05. The van der Waals surface area contributed by atoms with Crippen molar-refractivity contribution in [1.82, 2.24) is 0 Å². The van der Waals surface area contributed by atoms with E-state index in [1.807, 2.05) is 26.0 Å². The lowest BCUT2D eigenvalue weighted by Gasteiger charge is -2.60. The number of aryl methyl sites for hydroxylation is 1. The first-order chi connectivity index (χ1) is 17.9. The molecule has 4 aliphatic rings. The predicted octanol–water partition coefficient (Wildman–Crippen LogP) is 6.15. The molecule has 0 radical (unpaired) electrons. The molecule has 3 fully saturated rings. The molecule has 0 spiro atoms. The van der Waals surface area contributed by atoms with Gasteiger partial charge in [-0.3, -0.25) is 4.79 Å². The van der Waals surface area contributed by atoms with E-state index >= 15 is 0 Å². The van der Waals surface area contributed by atoms with Crippen LogP contribution in [0.2, 0.25) is 0 Å². The van der Waals surface area contributed by atoms with Crippen LogP contribution < -0.4 is 0 Å². The molecule has 0 bridgehead atoms. The Morgan fingerprint density at radius 1 is 1.05 bits per heavy atom. The molecule has 6 heteroatoms.